The summed E-state index contributed by atoms with van der Waals surface area (Å²) in [5.74, 6) is 0. The molecule has 15 heavy (non-hydrogen) atoms. The number of para-hydroxylation sites is 1. The molecule has 0 aromatic heterocycles. The van der Waals surface area contributed by atoms with Crippen molar-refractivity contribution in [2.45, 2.75) is 12.2 Å². The number of hydrogen-bond acceptors (Lipinski definition) is 4. The minimum atomic E-state index is -0.719. The van der Waals surface area contributed by atoms with Crippen LogP contribution in [0, 0.1) is 0 Å². The number of halogens is 1. The third-order valence-electron chi connectivity index (χ3n) is 2.63. The van der Waals surface area contributed by atoms with Gasteiger partial charge in [0.2, 0.25) is 0 Å². The van der Waals surface area contributed by atoms with Crippen LogP contribution in [0.2, 0.25) is 5.02 Å². The number of aliphatic hydroxyl groups is 2. The van der Waals surface area contributed by atoms with Crippen molar-refractivity contribution >= 4 is 23.0 Å². The average Bonchev–Trinajstić information content (AvgIpc) is 2.51. The predicted octanol–water partition coefficient (Wildman–Crippen LogP) is 0.464. The van der Waals surface area contributed by atoms with Crippen molar-refractivity contribution in [2.75, 3.05) is 23.7 Å². The lowest BCUT2D eigenvalue weighted by atomic mass is 10.2. The Bertz CT molecular complexity index is 362. The second-order valence-electron chi connectivity index (χ2n) is 3.71. The van der Waals surface area contributed by atoms with E-state index in [0.717, 1.165) is 5.69 Å². The van der Waals surface area contributed by atoms with E-state index in [9.17, 15) is 10.2 Å². The molecule has 1 heterocycles. The van der Waals surface area contributed by atoms with E-state index in [-0.39, 0.29) is 0 Å². The first-order valence-corrected chi connectivity index (χ1v) is 5.12. The molecule has 1 aliphatic rings. The number of hydrogen-bond donors (Lipinski definition) is 3. The van der Waals surface area contributed by atoms with Crippen molar-refractivity contribution in [3.8, 4) is 0 Å². The number of rotatable bonds is 1. The molecule has 4 nitrogen and oxygen atoms in total. The minimum absolute atomic E-state index is 0.381. The van der Waals surface area contributed by atoms with E-state index in [4.69, 9.17) is 17.3 Å². The fourth-order valence-electron chi connectivity index (χ4n) is 1.77. The zero-order valence-electron chi connectivity index (χ0n) is 8.10. The monoisotopic (exact) mass is 228 g/mol. The summed E-state index contributed by atoms with van der Waals surface area (Å²) in [5.41, 5.74) is 7.07. The Morgan fingerprint density at radius 2 is 1.87 bits per heavy atom. The Morgan fingerprint density at radius 3 is 2.47 bits per heavy atom. The molecule has 82 valence electrons. The van der Waals surface area contributed by atoms with Gasteiger partial charge in [-0.1, -0.05) is 17.7 Å². The molecule has 2 unspecified atom stereocenters. The van der Waals surface area contributed by atoms with Crippen molar-refractivity contribution in [1.82, 2.24) is 0 Å². The molecule has 1 fully saturated rings. The fraction of sp³-hybridized carbons (Fsp3) is 0.400. The summed E-state index contributed by atoms with van der Waals surface area (Å²) < 4.78 is 0. The van der Waals surface area contributed by atoms with E-state index in [1.807, 2.05) is 11.0 Å². The van der Waals surface area contributed by atoms with Gasteiger partial charge in [-0.3, -0.25) is 0 Å². The van der Waals surface area contributed by atoms with Gasteiger partial charge in [-0.2, -0.15) is 0 Å². The molecule has 0 spiro atoms. The molecule has 0 radical (unpaired) electrons. The number of anilines is 2. The lowest BCUT2D eigenvalue weighted by Gasteiger charge is -2.20. The third-order valence-corrected chi connectivity index (χ3v) is 2.96. The molecule has 2 atom stereocenters. The van der Waals surface area contributed by atoms with E-state index in [1.165, 1.54) is 0 Å². The molecule has 0 bridgehead atoms. The molecule has 5 heteroatoms. The van der Waals surface area contributed by atoms with Crippen LogP contribution in [-0.4, -0.2) is 35.5 Å². The summed E-state index contributed by atoms with van der Waals surface area (Å²) in [5, 5.41) is 19.3. The number of benzene rings is 1. The maximum absolute atomic E-state index is 9.42. The van der Waals surface area contributed by atoms with Crippen LogP contribution in [0.1, 0.15) is 0 Å². The first-order valence-electron chi connectivity index (χ1n) is 4.74. The second kappa shape index (κ2) is 3.89. The summed E-state index contributed by atoms with van der Waals surface area (Å²) >= 11 is 5.89. The minimum Gasteiger partial charge on any atom is -0.396 e. The molecule has 0 aliphatic carbocycles. The fourth-order valence-corrected chi connectivity index (χ4v) is 1.94. The quantitative estimate of drug-likeness (QED) is 0.611. The van der Waals surface area contributed by atoms with E-state index >= 15 is 0 Å². The Labute approximate surface area is 92.9 Å². The highest BCUT2D eigenvalue weighted by molar-refractivity contribution is 6.33. The first-order chi connectivity index (χ1) is 7.09. The summed E-state index contributed by atoms with van der Waals surface area (Å²) in [6.07, 6.45) is -1.44. The highest BCUT2D eigenvalue weighted by Gasteiger charge is 2.30. The van der Waals surface area contributed by atoms with Gasteiger partial charge in [-0.25, -0.2) is 0 Å². The molecular weight excluding hydrogens is 216 g/mol. The van der Waals surface area contributed by atoms with Gasteiger partial charge in [-0.05, 0) is 12.1 Å². The van der Waals surface area contributed by atoms with Crippen LogP contribution in [0.3, 0.4) is 0 Å². The van der Waals surface area contributed by atoms with Crippen molar-refractivity contribution in [3.05, 3.63) is 23.2 Å². The van der Waals surface area contributed by atoms with Crippen molar-refractivity contribution in [1.29, 1.82) is 0 Å². The van der Waals surface area contributed by atoms with Gasteiger partial charge in [0.05, 0.1) is 28.6 Å². The maximum atomic E-state index is 9.42. The zero-order valence-corrected chi connectivity index (χ0v) is 8.85. The van der Waals surface area contributed by atoms with Crippen molar-refractivity contribution in [2.24, 2.45) is 0 Å². The first kappa shape index (κ1) is 10.5. The zero-order chi connectivity index (χ0) is 11.0. The lowest BCUT2D eigenvalue weighted by molar-refractivity contribution is 0.0572. The average molecular weight is 229 g/mol. The summed E-state index contributed by atoms with van der Waals surface area (Å²) in [6, 6.07) is 5.33. The van der Waals surface area contributed by atoms with Crippen molar-refractivity contribution < 1.29 is 10.2 Å². The molecule has 4 N–H and O–H groups in total. The van der Waals surface area contributed by atoms with Crippen LogP contribution in [0.4, 0.5) is 11.4 Å². The Balaban J connectivity index is 2.27. The van der Waals surface area contributed by atoms with Gasteiger partial charge in [0.25, 0.3) is 0 Å². The predicted molar refractivity (Wildman–Crippen MR) is 60.1 cm³/mol. The number of nitrogens with two attached hydrogens (primary N) is 1. The molecule has 1 aliphatic heterocycles. The van der Waals surface area contributed by atoms with Gasteiger partial charge in [0.1, 0.15) is 0 Å². The molecular formula is C10H13ClN2O2. The Morgan fingerprint density at radius 1 is 1.27 bits per heavy atom. The van der Waals surface area contributed by atoms with Crippen LogP contribution in [0.25, 0.3) is 0 Å². The summed E-state index contributed by atoms with van der Waals surface area (Å²) in [6.45, 7) is 0.761. The molecule has 0 saturated carbocycles. The highest BCUT2D eigenvalue weighted by atomic mass is 35.5. The van der Waals surface area contributed by atoms with E-state index in [2.05, 4.69) is 0 Å². The van der Waals surface area contributed by atoms with Crippen molar-refractivity contribution in [3.63, 3.8) is 0 Å². The maximum Gasteiger partial charge on any atom is 0.0990 e. The third kappa shape index (κ3) is 1.88. The van der Waals surface area contributed by atoms with E-state index in [1.54, 1.807) is 12.1 Å². The lowest BCUT2D eigenvalue weighted by Crippen LogP contribution is -2.22. The van der Waals surface area contributed by atoms with Crippen LogP contribution in [0.15, 0.2) is 18.2 Å². The van der Waals surface area contributed by atoms with Gasteiger partial charge in [0, 0.05) is 13.1 Å². The standard InChI is InChI=1S/C10H13ClN2O2/c11-6-2-1-3-7(10(6)12)13-4-8(14)9(15)5-13/h1-3,8-9,14-15H,4-5,12H2. The van der Waals surface area contributed by atoms with Crippen LogP contribution >= 0.6 is 11.6 Å². The van der Waals surface area contributed by atoms with Crippen LogP contribution < -0.4 is 10.6 Å². The molecule has 1 aromatic rings. The van der Waals surface area contributed by atoms with Crippen LogP contribution in [0.5, 0.6) is 0 Å². The van der Waals surface area contributed by atoms with Gasteiger partial charge in [0.15, 0.2) is 0 Å². The van der Waals surface area contributed by atoms with Gasteiger partial charge >= 0.3 is 0 Å². The number of β-amino-alcohol motifs (C(OH)–C–C–N with tert-alkyl or cyclic N) is 2. The Kier molecular flexibility index (Phi) is 2.73. The number of nitrogens with zero attached hydrogens (tertiary/aromatic N) is 1. The second-order valence-corrected chi connectivity index (χ2v) is 4.12. The smallest absolute Gasteiger partial charge is 0.0990 e. The Hall–Kier alpha value is -0.970. The van der Waals surface area contributed by atoms with Gasteiger partial charge in [-0.15, -0.1) is 0 Å². The summed E-state index contributed by atoms with van der Waals surface area (Å²) in [7, 11) is 0. The van der Waals surface area contributed by atoms with Gasteiger partial charge < -0.3 is 20.8 Å². The van der Waals surface area contributed by atoms with Crippen LogP contribution in [-0.2, 0) is 0 Å². The summed E-state index contributed by atoms with van der Waals surface area (Å²) in [4.78, 5) is 1.83. The normalized spacial score (nSPS) is 25.9. The topological polar surface area (TPSA) is 69.7 Å². The number of nitrogen functional groups attached to an aromatic ring is 1. The SMILES string of the molecule is Nc1c(Cl)cccc1N1CC(O)C(O)C1. The van der Waals surface area contributed by atoms with E-state index in [0.29, 0.717) is 23.8 Å². The molecule has 1 aromatic carbocycles. The molecule has 2 rings (SSSR count). The number of aliphatic hydroxyl groups excluding tert-OH is 2. The highest BCUT2D eigenvalue weighted by Crippen LogP contribution is 2.32. The largest absolute Gasteiger partial charge is 0.396 e. The molecule has 1 saturated heterocycles. The van der Waals surface area contributed by atoms with E-state index < -0.39 is 12.2 Å². The molecule has 0 amide bonds.